The Bertz CT molecular complexity index is 969. The minimum atomic E-state index is 0.0185. The number of aromatic nitrogens is 2. The van der Waals surface area contributed by atoms with Crippen LogP contribution in [0.4, 0.5) is 5.82 Å². The van der Waals surface area contributed by atoms with Crippen molar-refractivity contribution < 1.29 is 14.3 Å². The van der Waals surface area contributed by atoms with Gasteiger partial charge in [0.05, 0.1) is 19.3 Å². The number of amides is 2. The molecule has 35 heavy (non-hydrogen) atoms. The van der Waals surface area contributed by atoms with Gasteiger partial charge >= 0.3 is 0 Å². The molecule has 2 amide bonds. The summed E-state index contributed by atoms with van der Waals surface area (Å²) < 4.78 is 5.29. The van der Waals surface area contributed by atoms with Gasteiger partial charge in [-0.3, -0.25) is 9.59 Å². The first-order chi connectivity index (χ1) is 16.8. The summed E-state index contributed by atoms with van der Waals surface area (Å²) in [5.74, 6) is 2.43. The Morgan fingerprint density at radius 1 is 1.00 bits per heavy atom. The maximum Gasteiger partial charge on any atom is 0.242 e. The Hall–Kier alpha value is -3.16. The Labute approximate surface area is 209 Å². The second-order valence-corrected chi connectivity index (χ2v) is 9.97. The van der Waals surface area contributed by atoms with E-state index >= 15 is 0 Å². The molecule has 0 spiro atoms. The lowest BCUT2D eigenvalue weighted by Crippen LogP contribution is -2.52. The van der Waals surface area contributed by atoms with Crippen molar-refractivity contribution in [3.63, 3.8) is 0 Å². The first-order valence-corrected chi connectivity index (χ1v) is 12.6. The Kier molecular flexibility index (Phi) is 9.46. The van der Waals surface area contributed by atoms with Gasteiger partial charge in [-0.15, -0.1) is 10.2 Å². The molecule has 1 saturated heterocycles. The molecular weight excluding hydrogens is 442 g/mol. The molecule has 1 aromatic carbocycles. The van der Waals surface area contributed by atoms with Gasteiger partial charge in [0.25, 0.3) is 0 Å². The van der Waals surface area contributed by atoms with Crippen LogP contribution in [0.5, 0.6) is 5.75 Å². The number of methoxy groups -OCH3 is 1. The van der Waals surface area contributed by atoms with E-state index in [1.807, 2.05) is 55.1 Å². The smallest absolute Gasteiger partial charge is 0.242 e. The van der Waals surface area contributed by atoms with Crippen LogP contribution in [-0.2, 0) is 9.59 Å². The second-order valence-electron chi connectivity index (χ2n) is 9.97. The fraction of sp³-hybridized carbons (Fsp3) is 0.556. The molecule has 1 aliphatic heterocycles. The van der Waals surface area contributed by atoms with E-state index in [4.69, 9.17) is 4.74 Å². The molecule has 1 aliphatic rings. The molecule has 190 valence electrons. The van der Waals surface area contributed by atoms with Crippen LogP contribution in [0, 0.1) is 11.8 Å². The van der Waals surface area contributed by atoms with Crippen LogP contribution in [-0.4, -0.2) is 78.2 Å². The summed E-state index contributed by atoms with van der Waals surface area (Å²) in [5, 5.41) is 8.82. The summed E-state index contributed by atoms with van der Waals surface area (Å²) in [5.41, 5.74) is 1.74. The fourth-order valence-corrected chi connectivity index (χ4v) is 4.06. The third kappa shape index (κ3) is 7.67. The standard InChI is InChI=1S/C27H39N5O3/c1-20(2)11-12-32(26(33)17-21(3)4)19-27(34)31-15-13-30(14-16-31)25-10-9-24(28-29-25)22-7-6-8-23(18-22)35-5/h6-10,18,20-21H,11-17,19H2,1-5H3. The Morgan fingerprint density at radius 3 is 2.34 bits per heavy atom. The molecule has 0 aliphatic carbocycles. The van der Waals surface area contributed by atoms with Crippen molar-refractivity contribution in [1.82, 2.24) is 20.0 Å². The number of benzene rings is 1. The highest BCUT2D eigenvalue weighted by Crippen LogP contribution is 2.23. The van der Waals surface area contributed by atoms with Crippen LogP contribution in [0.15, 0.2) is 36.4 Å². The molecule has 0 radical (unpaired) electrons. The number of carbonyl (C=O) groups excluding carboxylic acids is 2. The third-order valence-electron chi connectivity index (χ3n) is 6.21. The van der Waals surface area contributed by atoms with Crippen molar-refractivity contribution >= 4 is 17.6 Å². The third-order valence-corrected chi connectivity index (χ3v) is 6.21. The van der Waals surface area contributed by atoms with E-state index in [-0.39, 0.29) is 24.3 Å². The van der Waals surface area contributed by atoms with Gasteiger partial charge in [0.2, 0.25) is 11.8 Å². The lowest BCUT2D eigenvalue weighted by molar-refractivity contribution is -0.141. The van der Waals surface area contributed by atoms with Crippen LogP contribution < -0.4 is 9.64 Å². The van der Waals surface area contributed by atoms with Crippen molar-refractivity contribution in [2.45, 2.75) is 40.5 Å². The van der Waals surface area contributed by atoms with Gasteiger partial charge in [0.1, 0.15) is 5.75 Å². The van der Waals surface area contributed by atoms with Crippen molar-refractivity contribution in [2.75, 3.05) is 51.3 Å². The highest BCUT2D eigenvalue weighted by molar-refractivity contribution is 5.85. The molecule has 0 bridgehead atoms. The monoisotopic (exact) mass is 481 g/mol. The minimum absolute atomic E-state index is 0.0185. The molecule has 3 rings (SSSR count). The van der Waals surface area contributed by atoms with Gasteiger partial charge in [-0.25, -0.2) is 0 Å². The molecule has 1 fully saturated rings. The topological polar surface area (TPSA) is 78.9 Å². The zero-order chi connectivity index (χ0) is 25.4. The zero-order valence-corrected chi connectivity index (χ0v) is 21.7. The average molecular weight is 482 g/mol. The summed E-state index contributed by atoms with van der Waals surface area (Å²) in [6.45, 7) is 11.7. The van der Waals surface area contributed by atoms with E-state index < -0.39 is 0 Å². The number of hydrogen-bond acceptors (Lipinski definition) is 6. The van der Waals surface area contributed by atoms with E-state index in [1.54, 1.807) is 12.0 Å². The van der Waals surface area contributed by atoms with Gasteiger partial charge in [-0.1, -0.05) is 39.8 Å². The fourth-order valence-electron chi connectivity index (χ4n) is 4.06. The van der Waals surface area contributed by atoms with E-state index in [9.17, 15) is 9.59 Å². The summed E-state index contributed by atoms with van der Waals surface area (Å²) >= 11 is 0. The van der Waals surface area contributed by atoms with Crippen molar-refractivity contribution in [3.05, 3.63) is 36.4 Å². The molecule has 0 unspecified atom stereocenters. The highest BCUT2D eigenvalue weighted by Gasteiger charge is 2.25. The SMILES string of the molecule is COc1cccc(-c2ccc(N3CCN(C(=O)CN(CCC(C)C)C(=O)CC(C)C)CC3)nn2)c1. The van der Waals surface area contributed by atoms with Crippen LogP contribution in [0.1, 0.15) is 40.5 Å². The van der Waals surface area contributed by atoms with Gasteiger partial charge < -0.3 is 19.4 Å². The van der Waals surface area contributed by atoms with Gasteiger partial charge in [-0.05, 0) is 42.5 Å². The maximum atomic E-state index is 13.0. The molecule has 1 aromatic heterocycles. The van der Waals surface area contributed by atoms with Crippen LogP contribution in [0.2, 0.25) is 0 Å². The second kappa shape index (κ2) is 12.5. The van der Waals surface area contributed by atoms with Crippen LogP contribution >= 0.6 is 0 Å². The maximum absolute atomic E-state index is 13.0. The van der Waals surface area contributed by atoms with Crippen LogP contribution in [0.3, 0.4) is 0 Å². The van der Waals surface area contributed by atoms with Gasteiger partial charge in [0.15, 0.2) is 5.82 Å². The number of ether oxygens (including phenoxy) is 1. The molecule has 2 heterocycles. The summed E-state index contributed by atoms with van der Waals surface area (Å²) in [6, 6.07) is 11.7. The van der Waals surface area contributed by atoms with E-state index in [0.717, 1.165) is 29.2 Å². The first kappa shape index (κ1) is 26.4. The quantitative estimate of drug-likeness (QED) is 0.515. The predicted molar refractivity (Wildman–Crippen MR) is 138 cm³/mol. The number of piperazine rings is 1. The molecule has 8 heteroatoms. The molecular formula is C27H39N5O3. The molecule has 0 saturated carbocycles. The average Bonchev–Trinajstić information content (AvgIpc) is 2.86. The zero-order valence-electron chi connectivity index (χ0n) is 21.7. The minimum Gasteiger partial charge on any atom is -0.497 e. The van der Waals surface area contributed by atoms with E-state index in [2.05, 4.69) is 28.9 Å². The lowest BCUT2D eigenvalue weighted by Gasteiger charge is -2.36. The summed E-state index contributed by atoms with van der Waals surface area (Å²) in [6.07, 6.45) is 1.37. The molecule has 0 atom stereocenters. The molecule has 2 aromatic rings. The lowest BCUT2D eigenvalue weighted by atomic mass is 10.1. The summed E-state index contributed by atoms with van der Waals surface area (Å²) in [7, 11) is 1.64. The largest absolute Gasteiger partial charge is 0.497 e. The first-order valence-electron chi connectivity index (χ1n) is 12.6. The number of anilines is 1. The van der Waals surface area contributed by atoms with Crippen molar-refractivity contribution in [1.29, 1.82) is 0 Å². The molecule has 8 nitrogen and oxygen atoms in total. The number of carbonyl (C=O) groups is 2. The highest BCUT2D eigenvalue weighted by atomic mass is 16.5. The predicted octanol–water partition coefficient (Wildman–Crippen LogP) is 3.72. The van der Waals surface area contributed by atoms with Crippen molar-refractivity contribution in [2.24, 2.45) is 11.8 Å². The van der Waals surface area contributed by atoms with E-state index in [1.165, 1.54) is 0 Å². The van der Waals surface area contributed by atoms with Crippen LogP contribution in [0.25, 0.3) is 11.3 Å². The van der Waals surface area contributed by atoms with Crippen molar-refractivity contribution in [3.8, 4) is 17.0 Å². The Balaban J connectivity index is 1.56. The van der Waals surface area contributed by atoms with E-state index in [0.29, 0.717) is 45.1 Å². The normalized spacial score (nSPS) is 13.9. The van der Waals surface area contributed by atoms with Gasteiger partial charge in [-0.2, -0.15) is 0 Å². The number of rotatable bonds is 10. The number of nitrogens with zero attached hydrogens (tertiary/aromatic N) is 5. The summed E-state index contributed by atoms with van der Waals surface area (Å²) in [4.78, 5) is 31.5. The Morgan fingerprint density at radius 2 is 1.74 bits per heavy atom. The molecule has 0 N–H and O–H groups in total. The number of hydrogen-bond donors (Lipinski definition) is 0. The van der Waals surface area contributed by atoms with Gasteiger partial charge in [0, 0.05) is 44.7 Å².